The Morgan fingerprint density at radius 1 is 1.29 bits per heavy atom. The van der Waals surface area contributed by atoms with Gasteiger partial charge in [0, 0.05) is 27.3 Å². The molecule has 1 saturated heterocycles. The van der Waals surface area contributed by atoms with E-state index in [2.05, 4.69) is 4.90 Å². The first-order valence-electron chi connectivity index (χ1n) is 4.81. The molecule has 1 fully saturated rings. The predicted octanol–water partition coefficient (Wildman–Crippen LogP) is 2.43. The zero-order valence-electron chi connectivity index (χ0n) is 9.02. The van der Waals surface area contributed by atoms with Crippen molar-refractivity contribution < 1.29 is 13.6 Å². The van der Waals surface area contributed by atoms with Crippen LogP contribution in [0.25, 0.3) is 0 Å². The van der Waals surface area contributed by atoms with Gasteiger partial charge in [0.1, 0.15) is 5.44 Å². The molecule has 0 unspecified atom stereocenters. The molecular weight excluding hydrogens is 201 g/mol. The van der Waals surface area contributed by atoms with E-state index >= 15 is 0 Å². The maximum atomic E-state index is 12.1. The molecule has 1 rings (SSSR count). The first-order valence-corrected chi connectivity index (χ1v) is 6.35. The highest BCUT2D eigenvalue weighted by molar-refractivity contribution is 7.58. The molecule has 5 heteroatoms. The number of hydrogen-bond acceptors (Lipinski definition) is 4. The van der Waals surface area contributed by atoms with Crippen molar-refractivity contribution in [1.82, 2.24) is 4.90 Å². The molecule has 1 heterocycles. The lowest BCUT2D eigenvalue weighted by molar-refractivity contribution is 0.268. The van der Waals surface area contributed by atoms with Crippen LogP contribution in [-0.2, 0) is 13.6 Å². The van der Waals surface area contributed by atoms with E-state index in [1.54, 1.807) is 0 Å². The quantitative estimate of drug-likeness (QED) is 0.681. The van der Waals surface area contributed by atoms with E-state index in [0.29, 0.717) is 5.44 Å². The van der Waals surface area contributed by atoms with Gasteiger partial charge in [-0.2, -0.15) is 0 Å². The normalized spacial score (nSPS) is 19.1. The van der Waals surface area contributed by atoms with Crippen molar-refractivity contribution in [3.8, 4) is 0 Å². The van der Waals surface area contributed by atoms with Crippen molar-refractivity contribution in [3.63, 3.8) is 0 Å². The Hall–Kier alpha value is -0.310. The lowest BCUT2D eigenvalue weighted by Crippen LogP contribution is -2.19. The monoisotopic (exact) mass is 219 g/mol. The lowest BCUT2D eigenvalue weighted by Gasteiger charge is -2.25. The summed E-state index contributed by atoms with van der Waals surface area (Å²) in [6.07, 6.45) is 4.11. The molecule has 0 aliphatic carbocycles. The van der Waals surface area contributed by atoms with Crippen LogP contribution in [0.3, 0.4) is 0 Å². The van der Waals surface area contributed by atoms with Gasteiger partial charge in [-0.25, -0.2) is 0 Å². The van der Waals surface area contributed by atoms with Gasteiger partial charge in [0.25, 0.3) is 0 Å². The SMILES string of the molecule is CC=C(N1CCCC1)P(=O)(OC)OC. The highest BCUT2D eigenvalue weighted by Crippen LogP contribution is 2.56. The molecule has 14 heavy (non-hydrogen) atoms. The van der Waals surface area contributed by atoms with Gasteiger partial charge in [-0.1, -0.05) is 6.08 Å². The van der Waals surface area contributed by atoms with Crippen LogP contribution in [0.2, 0.25) is 0 Å². The number of allylic oxidation sites excluding steroid dienone is 1. The Bertz CT molecular complexity index is 251. The summed E-state index contributed by atoms with van der Waals surface area (Å²) in [5.41, 5.74) is 0.694. The maximum Gasteiger partial charge on any atom is 0.376 e. The van der Waals surface area contributed by atoms with Crippen LogP contribution in [0.1, 0.15) is 19.8 Å². The van der Waals surface area contributed by atoms with Crippen LogP contribution in [-0.4, -0.2) is 32.2 Å². The van der Waals surface area contributed by atoms with Crippen molar-refractivity contribution in [1.29, 1.82) is 0 Å². The summed E-state index contributed by atoms with van der Waals surface area (Å²) in [4.78, 5) is 2.08. The minimum atomic E-state index is -3.05. The second kappa shape index (κ2) is 4.96. The van der Waals surface area contributed by atoms with E-state index in [9.17, 15) is 4.57 Å². The van der Waals surface area contributed by atoms with Crippen molar-refractivity contribution in [2.75, 3.05) is 27.3 Å². The predicted molar refractivity (Wildman–Crippen MR) is 56.2 cm³/mol. The third kappa shape index (κ3) is 2.19. The Morgan fingerprint density at radius 2 is 1.79 bits per heavy atom. The number of nitrogens with zero attached hydrogens (tertiary/aromatic N) is 1. The lowest BCUT2D eigenvalue weighted by atomic mass is 10.4. The van der Waals surface area contributed by atoms with E-state index in [1.165, 1.54) is 14.2 Å². The second-order valence-electron chi connectivity index (χ2n) is 3.20. The highest BCUT2D eigenvalue weighted by atomic mass is 31.2. The van der Waals surface area contributed by atoms with Gasteiger partial charge in [-0.05, 0) is 19.8 Å². The molecule has 0 bridgehead atoms. The molecule has 4 nitrogen and oxygen atoms in total. The summed E-state index contributed by atoms with van der Waals surface area (Å²) in [5.74, 6) is 0. The fourth-order valence-corrected chi connectivity index (χ4v) is 3.11. The average molecular weight is 219 g/mol. The largest absolute Gasteiger partial charge is 0.376 e. The summed E-state index contributed by atoms with van der Waals surface area (Å²) in [6, 6.07) is 0. The summed E-state index contributed by atoms with van der Waals surface area (Å²) < 4.78 is 22.1. The highest BCUT2D eigenvalue weighted by Gasteiger charge is 2.32. The third-order valence-electron chi connectivity index (χ3n) is 2.45. The van der Waals surface area contributed by atoms with Gasteiger partial charge in [0.2, 0.25) is 0 Å². The van der Waals surface area contributed by atoms with E-state index in [1.807, 2.05) is 13.0 Å². The van der Waals surface area contributed by atoms with Crippen molar-refractivity contribution >= 4 is 7.60 Å². The Balaban J connectivity index is 2.85. The van der Waals surface area contributed by atoms with Crippen LogP contribution >= 0.6 is 7.60 Å². The van der Waals surface area contributed by atoms with Gasteiger partial charge in [0.05, 0.1) is 0 Å². The number of rotatable bonds is 4. The molecule has 1 aliphatic rings. The topological polar surface area (TPSA) is 38.8 Å². The van der Waals surface area contributed by atoms with Crippen molar-refractivity contribution in [2.45, 2.75) is 19.8 Å². The van der Waals surface area contributed by atoms with Gasteiger partial charge < -0.3 is 13.9 Å². The summed E-state index contributed by atoms with van der Waals surface area (Å²) in [7, 11) is -0.212. The van der Waals surface area contributed by atoms with E-state index in [4.69, 9.17) is 9.05 Å². The maximum absolute atomic E-state index is 12.1. The van der Waals surface area contributed by atoms with Gasteiger partial charge in [-0.3, -0.25) is 4.57 Å². The summed E-state index contributed by atoms with van der Waals surface area (Å²) in [5, 5.41) is 0. The van der Waals surface area contributed by atoms with Crippen LogP contribution in [0, 0.1) is 0 Å². The van der Waals surface area contributed by atoms with Crippen LogP contribution in [0.5, 0.6) is 0 Å². The molecule has 82 valence electrons. The molecule has 0 atom stereocenters. The fourth-order valence-electron chi connectivity index (χ4n) is 1.72. The molecule has 0 aromatic heterocycles. The minimum absolute atomic E-state index is 0.694. The second-order valence-corrected chi connectivity index (χ2v) is 5.39. The zero-order chi connectivity index (χ0) is 10.6. The van der Waals surface area contributed by atoms with Crippen LogP contribution in [0.15, 0.2) is 11.5 Å². The Kier molecular flexibility index (Phi) is 4.17. The third-order valence-corrected chi connectivity index (χ3v) is 4.51. The fraction of sp³-hybridized carbons (Fsp3) is 0.778. The van der Waals surface area contributed by atoms with Crippen molar-refractivity contribution in [2.24, 2.45) is 0 Å². The van der Waals surface area contributed by atoms with Gasteiger partial charge in [0.15, 0.2) is 0 Å². The minimum Gasteiger partial charge on any atom is -0.365 e. The van der Waals surface area contributed by atoms with Crippen molar-refractivity contribution in [3.05, 3.63) is 11.5 Å². The summed E-state index contributed by atoms with van der Waals surface area (Å²) >= 11 is 0. The van der Waals surface area contributed by atoms with E-state index < -0.39 is 7.60 Å². The summed E-state index contributed by atoms with van der Waals surface area (Å²) in [6.45, 7) is 3.74. The van der Waals surface area contributed by atoms with E-state index in [0.717, 1.165) is 25.9 Å². The van der Waals surface area contributed by atoms with Gasteiger partial charge in [-0.15, -0.1) is 0 Å². The molecule has 0 N–H and O–H groups in total. The first-order chi connectivity index (χ1) is 6.68. The number of likely N-dealkylation sites (tertiary alicyclic amines) is 1. The first kappa shape index (κ1) is 11.8. The molecule has 0 saturated carbocycles. The molecule has 0 amide bonds. The van der Waals surface area contributed by atoms with Gasteiger partial charge >= 0.3 is 7.60 Å². The molecule has 1 aliphatic heterocycles. The molecule has 0 radical (unpaired) electrons. The molecule has 0 spiro atoms. The van der Waals surface area contributed by atoms with Crippen LogP contribution < -0.4 is 0 Å². The Labute approximate surface area is 85.4 Å². The van der Waals surface area contributed by atoms with Crippen LogP contribution in [0.4, 0.5) is 0 Å². The standard InChI is InChI=1S/C9H18NO3P/c1-4-9(10-7-5-6-8-10)14(11,12-2)13-3/h4H,5-8H2,1-3H3. The molecule has 0 aromatic carbocycles. The molecule has 0 aromatic rings. The van der Waals surface area contributed by atoms with E-state index in [-0.39, 0.29) is 0 Å². The number of hydrogen-bond donors (Lipinski definition) is 0. The zero-order valence-corrected chi connectivity index (χ0v) is 9.92. The Morgan fingerprint density at radius 3 is 2.14 bits per heavy atom. The molecular formula is C9H18NO3P. The average Bonchev–Trinajstić information content (AvgIpc) is 2.72. The smallest absolute Gasteiger partial charge is 0.365 e.